The molecule has 1 aromatic carbocycles. The highest BCUT2D eigenvalue weighted by atomic mass is 35.5. The average molecular weight is 514 g/mol. The van der Waals surface area contributed by atoms with Gasteiger partial charge < -0.3 is 9.84 Å². The standard InChI is InChI=1S/C22H20ClN7O4S/c1-13(20-25-11-16(23)12-26-20)14(2)35(32,33)29-22-28-27-21(15-6-5-9-24-10-15)30(22)19-17(31)7-4-8-18(19)34-3/h4,7-14,31H,1-3H3,(H,28,29)/t13-,14-/m1/s1. The number of halogens is 1. The number of hydrogen-bond donors (Lipinski definition) is 2. The van der Waals surface area contributed by atoms with Gasteiger partial charge in [-0.15, -0.1) is 10.2 Å². The number of phenolic OH excluding ortho intramolecular Hbond substituents is 1. The van der Waals surface area contributed by atoms with E-state index < -0.39 is 21.2 Å². The first-order valence-corrected chi connectivity index (χ1v) is 12.2. The maximum absolute atomic E-state index is 13.4. The molecule has 0 fully saturated rings. The summed E-state index contributed by atoms with van der Waals surface area (Å²) in [6.45, 7) is 3.22. The van der Waals surface area contributed by atoms with Gasteiger partial charge in [0.2, 0.25) is 16.0 Å². The first kappa shape index (κ1) is 24.2. The van der Waals surface area contributed by atoms with Gasteiger partial charge in [0.05, 0.1) is 29.2 Å². The Morgan fingerprint density at radius 2 is 1.94 bits per heavy atom. The van der Waals surface area contributed by atoms with E-state index in [2.05, 4.69) is 41.3 Å². The Morgan fingerprint density at radius 1 is 1.20 bits per heavy atom. The fourth-order valence-electron chi connectivity index (χ4n) is 3.30. The summed E-state index contributed by atoms with van der Waals surface area (Å²) < 4.78 is 35.9. The van der Waals surface area contributed by atoms with Crippen molar-refractivity contribution in [3.63, 3.8) is 0 Å². The molecule has 3 aromatic rings. The van der Waals surface area contributed by atoms with E-state index >= 15 is 0 Å². The van der Waals surface area contributed by atoms with Crippen molar-refractivity contribution in [2.75, 3.05) is 11.8 Å². The zero-order chi connectivity index (χ0) is 25.2. The molecule has 0 aliphatic carbocycles. The van der Waals surface area contributed by atoms with Crippen LogP contribution in [0.3, 0.4) is 0 Å². The number of aliphatic imine (C=N–C) groups is 1. The summed E-state index contributed by atoms with van der Waals surface area (Å²) in [7, 11) is -2.62. The lowest BCUT2D eigenvalue weighted by Gasteiger charge is -2.21. The number of nitrogens with zero attached hydrogens (tertiary/aromatic N) is 6. The molecule has 2 aromatic heterocycles. The molecule has 0 bridgehead atoms. The Morgan fingerprint density at radius 3 is 2.60 bits per heavy atom. The van der Waals surface area contributed by atoms with Crippen molar-refractivity contribution in [3.8, 4) is 17.2 Å². The van der Waals surface area contributed by atoms with Gasteiger partial charge in [0.15, 0.2) is 5.82 Å². The van der Waals surface area contributed by atoms with Crippen molar-refractivity contribution in [2.24, 2.45) is 4.99 Å². The minimum absolute atomic E-state index is 0.131. The minimum Gasteiger partial charge on any atom is -0.506 e. The van der Waals surface area contributed by atoms with Crippen LogP contribution in [-0.4, -0.2) is 56.8 Å². The van der Waals surface area contributed by atoms with Gasteiger partial charge in [-0.1, -0.05) is 30.3 Å². The summed E-state index contributed by atoms with van der Waals surface area (Å²) in [5, 5.41) is 18.2. The van der Waals surface area contributed by atoms with Crippen LogP contribution in [0.4, 0.5) is 5.95 Å². The first-order chi connectivity index (χ1) is 16.7. The van der Waals surface area contributed by atoms with Gasteiger partial charge in [-0.3, -0.25) is 14.3 Å². The number of aromatic hydroxyl groups is 1. The second-order valence-electron chi connectivity index (χ2n) is 7.50. The fourth-order valence-corrected chi connectivity index (χ4v) is 4.63. The maximum Gasteiger partial charge on any atom is 0.243 e. The predicted octanol–water partition coefficient (Wildman–Crippen LogP) is 3.09. The summed E-state index contributed by atoms with van der Waals surface area (Å²) in [4.78, 5) is 12.3. The number of benzene rings is 1. The number of aromatic nitrogens is 5. The highest BCUT2D eigenvalue weighted by Crippen LogP contribution is 2.36. The second kappa shape index (κ2) is 9.73. The Hall–Kier alpha value is -3.95. The number of phenols is 1. The first-order valence-electron chi connectivity index (χ1n) is 10.3. The number of nitrogens with one attached hydrogen (secondary N) is 1. The number of rotatable bonds is 8. The molecule has 0 saturated heterocycles. The summed E-state index contributed by atoms with van der Waals surface area (Å²) in [6.07, 6.45) is 5.69. The Bertz CT molecular complexity index is 1500. The topological polar surface area (TPSA) is 144 Å². The highest BCUT2D eigenvalue weighted by molar-refractivity contribution is 7.93. The van der Waals surface area contributed by atoms with Crippen molar-refractivity contribution >= 4 is 39.4 Å². The summed E-state index contributed by atoms with van der Waals surface area (Å²) in [6, 6.07) is 4.63. The van der Waals surface area contributed by atoms with E-state index in [1.807, 2.05) is 0 Å². The van der Waals surface area contributed by atoms with Gasteiger partial charge in [-0.2, -0.15) is 0 Å². The van der Waals surface area contributed by atoms with E-state index in [0.717, 1.165) is 0 Å². The largest absolute Gasteiger partial charge is 0.506 e. The normalized spacial score (nSPS) is 14.5. The lowest BCUT2D eigenvalue weighted by Crippen LogP contribution is -2.31. The maximum atomic E-state index is 13.4. The third-order valence-electron chi connectivity index (χ3n) is 5.35. The predicted molar refractivity (Wildman–Crippen MR) is 131 cm³/mol. The van der Waals surface area contributed by atoms with Crippen LogP contribution in [0.15, 0.2) is 53.2 Å². The molecule has 3 heterocycles. The van der Waals surface area contributed by atoms with Crippen LogP contribution in [0.1, 0.15) is 31.4 Å². The van der Waals surface area contributed by atoms with E-state index in [1.54, 1.807) is 19.1 Å². The Balaban J connectivity index is 1.80. The number of ether oxygens (including phenoxy) is 1. The molecule has 13 heteroatoms. The third kappa shape index (κ3) is 4.82. The molecule has 35 heavy (non-hydrogen) atoms. The van der Waals surface area contributed by atoms with Gasteiger partial charge in [0.1, 0.15) is 23.0 Å². The molecule has 11 nitrogen and oxygen atoms in total. The minimum atomic E-state index is -4.05. The van der Waals surface area contributed by atoms with Crippen LogP contribution in [0.2, 0.25) is 5.02 Å². The lowest BCUT2D eigenvalue weighted by atomic mass is 10.1. The number of anilines is 1. The molecule has 0 radical (unpaired) electrons. The lowest BCUT2D eigenvalue weighted by molar-refractivity contribution is 0.404. The zero-order valence-corrected chi connectivity index (χ0v) is 20.4. The van der Waals surface area contributed by atoms with E-state index in [-0.39, 0.29) is 29.0 Å². The van der Waals surface area contributed by atoms with Crippen LogP contribution in [0.5, 0.6) is 11.5 Å². The van der Waals surface area contributed by atoms with E-state index in [9.17, 15) is 13.5 Å². The molecule has 0 amide bonds. The molecular formula is C22H20ClN7O4S. The molecule has 1 aliphatic rings. The molecule has 2 N–H and O–H groups in total. The summed E-state index contributed by atoms with van der Waals surface area (Å²) in [5.74, 6) is -0.203. The molecule has 1 aliphatic heterocycles. The van der Waals surface area contributed by atoms with Crippen LogP contribution >= 0.6 is 11.6 Å². The summed E-state index contributed by atoms with van der Waals surface area (Å²) in [5.41, 5.74) is 6.08. The number of methoxy groups -OCH3 is 1. The Kier molecular flexibility index (Phi) is 6.72. The smallest absolute Gasteiger partial charge is 0.243 e. The number of hydrogen-bond acceptors (Lipinski definition) is 9. The molecule has 2 atom stereocenters. The zero-order valence-electron chi connectivity index (χ0n) is 18.8. The van der Waals surface area contributed by atoms with Crippen molar-refractivity contribution in [3.05, 3.63) is 64.9 Å². The molecular weight excluding hydrogens is 494 g/mol. The number of para-hydroxylation sites is 1. The molecule has 4 rings (SSSR count). The summed E-state index contributed by atoms with van der Waals surface area (Å²) >= 11 is 5.85. The van der Waals surface area contributed by atoms with E-state index in [0.29, 0.717) is 16.4 Å². The Labute approximate surface area is 206 Å². The van der Waals surface area contributed by atoms with E-state index in [4.69, 9.17) is 16.3 Å². The molecule has 0 unspecified atom stereocenters. The SMILES string of the molecule is COc1cccc(O)c1-n1c(NS(=O)(=O)[C@H](C)[C@@H](C)c2ncc(Cl)cn2)nnc1C1=C=C=CN=C1. The van der Waals surface area contributed by atoms with Gasteiger partial charge in [-0.25, -0.2) is 18.4 Å². The number of sulfonamides is 1. The second-order valence-corrected chi connectivity index (χ2v) is 9.98. The van der Waals surface area contributed by atoms with Crippen molar-refractivity contribution in [1.29, 1.82) is 0 Å². The van der Waals surface area contributed by atoms with Gasteiger partial charge in [0.25, 0.3) is 0 Å². The van der Waals surface area contributed by atoms with Gasteiger partial charge in [-0.05, 0) is 24.8 Å². The quantitative estimate of drug-likeness (QED) is 0.437. The van der Waals surface area contributed by atoms with Crippen LogP contribution in [0, 0.1) is 0 Å². The average Bonchev–Trinajstić information content (AvgIpc) is 3.26. The van der Waals surface area contributed by atoms with E-state index in [1.165, 1.54) is 49.5 Å². The van der Waals surface area contributed by atoms with Gasteiger partial charge in [0, 0.05) is 24.5 Å². The van der Waals surface area contributed by atoms with Crippen LogP contribution < -0.4 is 9.46 Å². The van der Waals surface area contributed by atoms with Crippen molar-refractivity contribution in [1.82, 2.24) is 24.7 Å². The monoisotopic (exact) mass is 513 g/mol. The van der Waals surface area contributed by atoms with Crippen molar-refractivity contribution in [2.45, 2.75) is 25.0 Å². The van der Waals surface area contributed by atoms with Gasteiger partial charge >= 0.3 is 0 Å². The third-order valence-corrected chi connectivity index (χ3v) is 7.40. The van der Waals surface area contributed by atoms with Crippen molar-refractivity contribution < 1.29 is 18.3 Å². The van der Waals surface area contributed by atoms with Crippen LogP contribution in [0.25, 0.3) is 11.3 Å². The fraction of sp³-hybridized carbons (Fsp3) is 0.227. The molecule has 180 valence electrons. The van der Waals surface area contributed by atoms with Crippen LogP contribution in [-0.2, 0) is 10.0 Å². The highest BCUT2D eigenvalue weighted by Gasteiger charge is 2.32. The molecule has 0 saturated carbocycles. The molecule has 0 spiro atoms. The number of allylic oxidation sites excluding steroid dienone is 1.